The average Bonchev–Trinajstić information content (AvgIpc) is 2.79. The van der Waals surface area contributed by atoms with E-state index in [0.29, 0.717) is 11.3 Å². The van der Waals surface area contributed by atoms with Gasteiger partial charge >= 0.3 is 0 Å². The van der Waals surface area contributed by atoms with Crippen LogP contribution in [0.1, 0.15) is 19.3 Å². The lowest BCUT2D eigenvalue weighted by atomic mass is 9.79. The number of aromatic nitrogens is 2. The fraction of sp³-hybridized carbons (Fsp3) is 0.714. The SMILES string of the molecule is COc1cc(N2CCCC3(CCN(C)C3)C2)ncn1. The molecule has 5 nitrogen and oxygen atoms in total. The number of piperidine rings is 1. The Bertz CT molecular complexity index is 449. The predicted octanol–water partition coefficient (Wildman–Crippen LogP) is 1.41. The van der Waals surface area contributed by atoms with Crippen LogP contribution < -0.4 is 9.64 Å². The van der Waals surface area contributed by atoms with E-state index < -0.39 is 0 Å². The van der Waals surface area contributed by atoms with Gasteiger partial charge in [0.15, 0.2) is 0 Å². The molecule has 5 heteroatoms. The van der Waals surface area contributed by atoms with E-state index in [0.717, 1.165) is 18.9 Å². The van der Waals surface area contributed by atoms with Crippen molar-refractivity contribution in [1.29, 1.82) is 0 Å². The molecule has 3 rings (SSSR count). The maximum atomic E-state index is 5.19. The molecule has 0 radical (unpaired) electrons. The van der Waals surface area contributed by atoms with Gasteiger partial charge in [-0.1, -0.05) is 0 Å². The Morgan fingerprint density at radius 3 is 2.84 bits per heavy atom. The molecule has 1 spiro atoms. The van der Waals surface area contributed by atoms with E-state index in [1.54, 1.807) is 13.4 Å². The number of methoxy groups -OCH3 is 1. The Hall–Kier alpha value is -1.36. The van der Waals surface area contributed by atoms with Crippen LogP contribution in [-0.4, -0.2) is 55.2 Å². The van der Waals surface area contributed by atoms with E-state index in [2.05, 4.69) is 26.8 Å². The first-order valence-corrected chi connectivity index (χ1v) is 7.00. The molecule has 0 saturated carbocycles. The van der Waals surface area contributed by atoms with E-state index in [4.69, 9.17) is 4.74 Å². The number of rotatable bonds is 2. The summed E-state index contributed by atoms with van der Waals surface area (Å²) in [5.41, 5.74) is 0.463. The number of nitrogens with zero attached hydrogens (tertiary/aromatic N) is 4. The summed E-state index contributed by atoms with van der Waals surface area (Å²) in [7, 11) is 3.87. The monoisotopic (exact) mass is 262 g/mol. The molecule has 2 aliphatic rings. The first-order valence-electron chi connectivity index (χ1n) is 7.00. The summed E-state index contributed by atoms with van der Waals surface area (Å²) < 4.78 is 5.19. The van der Waals surface area contributed by atoms with Gasteiger partial charge in [0.25, 0.3) is 0 Å². The van der Waals surface area contributed by atoms with Gasteiger partial charge in [0.1, 0.15) is 12.1 Å². The minimum atomic E-state index is 0.463. The molecule has 3 heterocycles. The van der Waals surface area contributed by atoms with Crippen LogP contribution in [0.5, 0.6) is 5.88 Å². The molecule has 0 aromatic carbocycles. The summed E-state index contributed by atoms with van der Waals surface area (Å²) in [6.07, 6.45) is 5.49. The molecule has 1 aromatic heterocycles. The van der Waals surface area contributed by atoms with E-state index >= 15 is 0 Å². The summed E-state index contributed by atoms with van der Waals surface area (Å²) >= 11 is 0. The van der Waals surface area contributed by atoms with E-state index in [1.165, 1.54) is 32.4 Å². The highest BCUT2D eigenvalue weighted by atomic mass is 16.5. The van der Waals surface area contributed by atoms with Crippen LogP contribution in [0.3, 0.4) is 0 Å². The molecule has 0 aliphatic carbocycles. The maximum Gasteiger partial charge on any atom is 0.218 e. The smallest absolute Gasteiger partial charge is 0.218 e. The summed E-state index contributed by atoms with van der Waals surface area (Å²) in [6.45, 7) is 4.63. The normalized spacial score (nSPS) is 28.0. The molecule has 0 N–H and O–H groups in total. The van der Waals surface area contributed by atoms with Crippen LogP contribution in [0.4, 0.5) is 5.82 Å². The van der Waals surface area contributed by atoms with Crippen molar-refractivity contribution in [3.05, 3.63) is 12.4 Å². The average molecular weight is 262 g/mol. The standard InChI is InChI=1S/C14H22N4O/c1-17-7-5-14(9-17)4-3-6-18(10-14)12-8-13(19-2)16-11-15-12/h8,11H,3-7,9-10H2,1-2H3. The third kappa shape index (κ3) is 2.52. The molecule has 1 unspecified atom stereocenters. The first kappa shape index (κ1) is 12.7. The molecule has 0 bridgehead atoms. The highest BCUT2D eigenvalue weighted by Crippen LogP contribution is 2.39. The van der Waals surface area contributed by atoms with Crippen LogP contribution in [0.25, 0.3) is 0 Å². The number of likely N-dealkylation sites (tertiary alicyclic amines) is 1. The largest absolute Gasteiger partial charge is 0.481 e. The van der Waals surface area contributed by atoms with E-state index in [9.17, 15) is 0 Å². The van der Waals surface area contributed by atoms with Crippen LogP contribution in [0.2, 0.25) is 0 Å². The zero-order valence-corrected chi connectivity index (χ0v) is 11.8. The van der Waals surface area contributed by atoms with Crippen molar-refractivity contribution in [1.82, 2.24) is 14.9 Å². The summed E-state index contributed by atoms with van der Waals surface area (Å²) in [4.78, 5) is 13.3. The van der Waals surface area contributed by atoms with Crippen LogP contribution >= 0.6 is 0 Å². The lowest BCUT2D eigenvalue weighted by Gasteiger charge is -2.41. The predicted molar refractivity (Wildman–Crippen MR) is 74.6 cm³/mol. The summed E-state index contributed by atoms with van der Waals surface area (Å²) in [5.74, 6) is 1.65. The van der Waals surface area contributed by atoms with Gasteiger partial charge in [-0.25, -0.2) is 9.97 Å². The molecule has 2 aliphatic heterocycles. The third-order valence-electron chi connectivity index (χ3n) is 4.45. The second-order valence-corrected chi connectivity index (χ2v) is 5.93. The number of anilines is 1. The first-order chi connectivity index (χ1) is 9.21. The van der Waals surface area contributed by atoms with Crippen LogP contribution in [-0.2, 0) is 0 Å². The van der Waals surface area contributed by atoms with Crippen LogP contribution in [0.15, 0.2) is 12.4 Å². The van der Waals surface area contributed by atoms with E-state index in [-0.39, 0.29) is 0 Å². The Morgan fingerprint density at radius 1 is 1.21 bits per heavy atom. The number of hydrogen-bond acceptors (Lipinski definition) is 5. The van der Waals surface area contributed by atoms with Gasteiger partial charge in [-0.15, -0.1) is 0 Å². The van der Waals surface area contributed by atoms with Crippen molar-refractivity contribution in [2.75, 3.05) is 45.2 Å². The fourth-order valence-corrected chi connectivity index (χ4v) is 3.51. The minimum Gasteiger partial charge on any atom is -0.481 e. The second kappa shape index (κ2) is 4.96. The summed E-state index contributed by atoms with van der Waals surface area (Å²) in [5, 5.41) is 0. The number of ether oxygens (including phenoxy) is 1. The van der Waals surface area contributed by atoms with Gasteiger partial charge in [-0.2, -0.15) is 0 Å². The maximum absolute atomic E-state index is 5.19. The van der Waals surface area contributed by atoms with Crippen molar-refractivity contribution in [3.8, 4) is 5.88 Å². The lowest BCUT2D eigenvalue weighted by molar-refractivity contribution is 0.233. The highest BCUT2D eigenvalue weighted by molar-refractivity contribution is 5.41. The van der Waals surface area contributed by atoms with Gasteiger partial charge in [-0.05, 0) is 32.9 Å². The molecule has 1 aromatic rings. The van der Waals surface area contributed by atoms with Crippen molar-refractivity contribution >= 4 is 5.82 Å². The Morgan fingerprint density at radius 2 is 2.11 bits per heavy atom. The van der Waals surface area contributed by atoms with Crippen molar-refractivity contribution in [3.63, 3.8) is 0 Å². The van der Waals surface area contributed by atoms with E-state index in [1.807, 2.05) is 6.07 Å². The van der Waals surface area contributed by atoms with Crippen molar-refractivity contribution in [2.45, 2.75) is 19.3 Å². The molecule has 2 fully saturated rings. The molecule has 104 valence electrons. The van der Waals surface area contributed by atoms with Gasteiger partial charge in [0.05, 0.1) is 7.11 Å². The Kier molecular flexibility index (Phi) is 3.31. The van der Waals surface area contributed by atoms with Gasteiger partial charge in [-0.3, -0.25) is 0 Å². The molecule has 2 saturated heterocycles. The molecular weight excluding hydrogens is 240 g/mol. The topological polar surface area (TPSA) is 41.5 Å². The molecule has 19 heavy (non-hydrogen) atoms. The van der Waals surface area contributed by atoms with Crippen LogP contribution in [0, 0.1) is 5.41 Å². The highest BCUT2D eigenvalue weighted by Gasteiger charge is 2.40. The number of hydrogen-bond donors (Lipinski definition) is 0. The zero-order chi connectivity index (χ0) is 13.3. The van der Waals surface area contributed by atoms with Gasteiger partial charge in [0, 0.05) is 31.1 Å². The minimum absolute atomic E-state index is 0.463. The Balaban J connectivity index is 1.77. The molecule has 1 atom stereocenters. The molecular formula is C14H22N4O. The van der Waals surface area contributed by atoms with Gasteiger partial charge in [0.2, 0.25) is 5.88 Å². The lowest BCUT2D eigenvalue weighted by Crippen LogP contribution is -2.45. The second-order valence-electron chi connectivity index (χ2n) is 5.93. The quantitative estimate of drug-likeness (QED) is 0.806. The third-order valence-corrected chi connectivity index (χ3v) is 4.45. The van der Waals surface area contributed by atoms with Crippen molar-refractivity contribution < 1.29 is 4.74 Å². The van der Waals surface area contributed by atoms with Gasteiger partial charge < -0.3 is 14.5 Å². The fourth-order valence-electron chi connectivity index (χ4n) is 3.51. The summed E-state index contributed by atoms with van der Waals surface area (Å²) in [6, 6.07) is 1.94. The van der Waals surface area contributed by atoms with Crippen molar-refractivity contribution in [2.24, 2.45) is 5.41 Å². The molecule has 0 amide bonds. The zero-order valence-electron chi connectivity index (χ0n) is 11.8. The Labute approximate surface area is 114 Å².